The van der Waals surface area contributed by atoms with Gasteiger partial charge in [-0.25, -0.2) is 4.39 Å². The molecule has 9 heteroatoms. The van der Waals surface area contributed by atoms with Gasteiger partial charge >= 0.3 is 0 Å². The molecule has 2 amide bonds. The second-order valence-electron chi connectivity index (χ2n) is 9.08. The van der Waals surface area contributed by atoms with Crippen molar-refractivity contribution in [1.29, 1.82) is 0 Å². The van der Waals surface area contributed by atoms with E-state index in [1.165, 1.54) is 23.9 Å². The molecule has 1 aliphatic carbocycles. The van der Waals surface area contributed by atoms with Gasteiger partial charge in [-0.1, -0.05) is 18.2 Å². The maximum Gasteiger partial charge on any atom is 0.289 e. The number of rotatable bonds is 6. The molecule has 5 rings (SSSR count). The maximum absolute atomic E-state index is 13.1. The summed E-state index contributed by atoms with van der Waals surface area (Å²) < 4.78 is 18.9. The number of amides is 2. The van der Waals surface area contributed by atoms with Crippen LogP contribution in [0.4, 0.5) is 4.39 Å². The maximum atomic E-state index is 13.1. The minimum atomic E-state index is -0.291. The number of aromatic nitrogens is 2. The van der Waals surface area contributed by atoms with E-state index < -0.39 is 0 Å². The zero-order chi connectivity index (χ0) is 24.4. The number of benzene rings is 1. The van der Waals surface area contributed by atoms with Crippen molar-refractivity contribution in [2.75, 3.05) is 19.6 Å². The molecule has 2 fully saturated rings. The Morgan fingerprint density at radius 1 is 1.06 bits per heavy atom. The lowest BCUT2D eigenvalue weighted by molar-refractivity contribution is -0.142. The Kier molecular flexibility index (Phi) is 6.86. The highest BCUT2D eigenvalue weighted by Gasteiger charge is 2.36. The van der Waals surface area contributed by atoms with E-state index >= 15 is 0 Å². The summed E-state index contributed by atoms with van der Waals surface area (Å²) in [5.74, 6) is 1.47. The van der Waals surface area contributed by atoms with E-state index in [1.807, 2.05) is 24.0 Å². The number of halogens is 1. The fourth-order valence-electron chi connectivity index (χ4n) is 4.40. The molecule has 3 heterocycles. The first kappa shape index (κ1) is 23.5. The Morgan fingerprint density at radius 3 is 2.51 bits per heavy atom. The van der Waals surface area contributed by atoms with Gasteiger partial charge in [0.2, 0.25) is 5.91 Å². The first-order valence-corrected chi connectivity index (χ1v) is 12.9. The lowest BCUT2D eigenvalue weighted by Gasteiger charge is -2.42. The highest BCUT2D eigenvalue weighted by molar-refractivity contribution is 7.98. The minimum absolute atomic E-state index is 0.00208. The monoisotopic (exact) mass is 494 g/mol. The minimum Gasteiger partial charge on any atom is -0.455 e. The van der Waals surface area contributed by atoms with E-state index in [0.29, 0.717) is 42.6 Å². The zero-order valence-corrected chi connectivity index (χ0v) is 20.3. The molecule has 0 spiro atoms. The van der Waals surface area contributed by atoms with Crippen LogP contribution in [0.2, 0.25) is 0 Å². The molecule has 1 saturated heterocycles. The largest absolute Gasteiger partial charge is 0.455 e. The molecule has 1 atom stereocenters. The van der Waals surface area contributed by atoms with Gasteiger partial charge in [-0.05, 0) is 68.3 Å². The van der Waals surface area contributed by atoms with Gasteiger partial charge in [-0.2, -0.15) is 0 Å². The molecular formula is C26H27FN4O3S. The highest BCUT2D eigenvalue weighted by Crippen LogP contribution is 2.30. The van der Waals surface area contributed by atoms with Crippen LogP contribution < -0.4 is 0 Å². The summed E-state index contributed by atoms with van der Waals surface area (Å²) in [5, 5.41) is 9.17. The summed E-state index contributed by atoms with van der Waals surface area (Å²) >= 11 is 1.46. The summed E-state index contributed by atoms with van der Waals surface area (Å²) in [5.41, 5.74) is 1.47. The van der Waals surface area contributed by atoms with Crippen molar-refractivity contribution in [2.24, 2.45) is 5.92 Å². The van der Waals surface area contributed by atoms with Gasteiger partial charge in [0.05, 0.1) is 11.4 Å². The summed E-state index contributed by atoms with van der Waals surface area (Å²) in [4.78, 5) is 29.3. The smallest absolute Gasteiger partial charge is 0.289 e. The predicted octanol–water partition coefficient (Wildman–Crippen LogP) is 4.64. The average Bonchev–Trinajstić information content (AvgIpc) is 3.31. The predicted molar refractivity (Wildman–Crippen MR) is 130 cm³/mol. The number of piperazine rings is 1. The van der Waals surface area contributed by atoms with Crippen LogP contribution in [0.5, 0.6) is 0 Å². The third-order valence-electron chi connectivity index (χ3n) is 6.67. The number of thioether (sulfide) groups is 1. The quantitative estimate of drug-likeness (QED) is 0.465. The van der Waals surface area contributed by atoms with Crippen LogP contribution in [0, 0.1) is 11.7 Å². The summed E-state index contributed by atoms with van der Waals surface area (Å²) in [6, 6.07) is 13.3. The van der Waals surface area contributed by atoms with Gasteiger partial charge in [0.15, 0.2) is 5.76 Å². The van der Waals surface area contributed by atoms with Crippen molar-refractivity contribution >= 4 is 23.6 Å². The van der Waals surface area contributed by atoms with Crippen LogP contribution >= 0.6 is 11.8 Å². The van der Waals surface area contributed by atoms with Crippen molar-refractivity contribution in [3.05, 3.63) is 65.9 Å². The van der Waals surface area contributed by atoms with E-state index in [-0.39, 0.29) is 29.6 Å². The zero-order valence-electron chi connectivity index (χ0n) is 19.5. The molecule has 1 unspecified atom stereocenters. The molecular weight excluding hydrogens is 467 g/mol. The van der Waals surface area contributed by atoms with E-state index in [2.05, 4.69) is 10.2 Å². The molecule has 0 bridgehead atoms. The average molecular weight is 495 g/mol. The fraction of sp³-hybridized carbons (Fsp3) is 0.385. The van der Waals surface area contributed by atoms with Crippen LogP contribution in [-0.2, 0) is 10.5 Å². The van der Waals surface area contributed by atoms with Gasteiger partial charge in [-0.3, -0.25) is 9.59 Å². The van der Waals surface area contributed by atoms with Crippen molar-refractivity contribution < 1.29 is 18.4 Å². The lowest BCUT2D eigenvalue weighted by atomic mass is 9.84. The van der Waals surface area contributed by atoms with E-state index in [9.17, 15) is 14.0 Å². The molecule has 7 nitrogen and oxygen atoms in total. The van der Waals surface area contributed by atoms with Crippen molar-refractivity contribution in [3.63, 3.8) is 0 Å². The molecule has 2 aliphatic rings. The van der Waals surface area contributed by atoms with Crippen molar-refractivity contribution in [1.82, 2.24) is 20.0 Å². The second kappa shape index (κ2) is 10.2. The van der Waals surface area contributed by atoms with E-state index in [1.54, 1.807) is 29.2 Å². The number of furan rings is 1. The molecule has 1 aromatic carbocycles. The van der Waals surface area contributed by atoms with Crippen LogP contribution in [-0.4, -0.2) is 57.5 Å². The van der Waals surface area contributed by atoms with Crippen LogP contribution in [0.25, 0.3) is 11.3 Å². The van der Waals surface area contributed by atoms with Gasteiger partial charge in [-0.15, -0.1) is 10.2 Å². The molecule has 3 aromatic rings. The van der Waals surface area contributed by atoms with Gasteiger partial charge in [0.25, 0.3) is 5.91 Å². The van der Waals surface area contributed by atoms with Crippen molar-refractivity contribution in [3.8, 4) is 11.3 Å². The van der Waals surface area contributed by atoms with E-state index in [0.717, 1.165) is 29.9 Å². The molecule has 182 valence electrons. The first-order valence-electron chi connectivity index (χ1n) is 11.9. The number of nitrogens with zero attached hydrogens (tertiary/aromatic N) is 4. The third kappa shape index (κ3) is 5.24. The van der Waals surface area contributed by atoms with Gasteiger partial charge < -0.3 is 14.2 Å². The molecule has 1 saturated carbocycles. The Labute approximate surface area is 207 Å². The SMILES string of the molecule is CC1CN(C(=O)c2ccc(CSc3ccc(-c4ccc(F)cc4)nn3)o2)CCN1C(=O)C1CCC1. The van der Waals surface area contributed by atoms with Crippen LogP contribution in [0.3, 0.4) is 0 Å². The molecule has 0 radical (unpaired) electrons. The third-order valence-corrected chi connectivity index (χ3v) is 7.61. The Bertz CT molecular complexity index is 1190. The second-order valence-corrected chi connectivity index (χ2v) is 10.1. The Balaban J connectivity index is 1.14. The molecule has 2 aromatic heterocycles. The number of hydrogen-bond acceptors (Lipinski definition) is 6. The first-order chi connectivity index (χ1) is 17.0. The molecule has 1 aliphatic heterocycles. The lowest BCUT2D eigenvalue weighted by Crippen LogP contribution is -2.57. The summed E-state index contributed by atoms with van der Waals surface area (Å²) in [6.45, 7) is 3.60. The van der Waals surface area contributed by atoms with Crippen LogP contribution in [0.15, 0.2) is 58.0 Å². The fourth-order valence-corrected chi connectivity index (χ4v) is 5.11. The normalized spacial score (nSPS) is 18.4. The van der Waals surface area contributed by atoms with E-state index in [4.69, 9.17) is 4.42 Å². The standard InChI is InChI=1S/C26H27FN4O3S/c1-17-15-30(13-14-31(17)25(32)19-3-2-4-19)26(33)23-11-9-21(34-23)16-35-24-12-10-22(28-29-24)18-5-7-20(27)8-6-18/h5-12,17,19H,2-4,13-16H2,1H3. The molecule has 35 heavy (non-hydrogen) atoms. The number of carbonyl (C=O) groups is 2. The number of hydrogen-bond donors (Lipinski definition) is 0. The molecule has 0 N–H and O–H groups in total. The van der Waals surface area contributed by atoms with Gasteiger partial charge in [0, 0.05) is 37.2 Å². The van der Waals surface area contributed by atoms with Gasteiger partial charge in [0.1, 0.15) is 16.6 Å². The highest BCUT2D eigenvalue weighted by atomic mass is 32.2. The Hall–Kier alpha value is -3.20. The summed E-state index contributed by atoms with van der Waals surface area (Å²) in [7, 11) is 0. The Morgan fingerprint density at radius 2 is 1.86 bits per heavy atom. The van der Waals surface area contributed by atoms with Crippen LogP contribution in [0.1, 0.15) is 42.5 Å². The number of carbonyl (C=O) groups excluding carboxylic acids is 2. The summed E-state index contributed by atoms with van der Waals surface area (Å²) in [6.07, 6.45) is 3.11. The topological polar surface area (TPSA) is 79.5 Å². The van der Waals surface area contributed by atoms with Crippen molar-refractivity contribution in [2.45, 2.75) is 43.0 Å².